The zero-order valence-corrected chi connectivity index (χ0v) is 11.4. The van der Waals surface area contributed by atoms with E-state index in [0.717, 1.165) is 19.0 Å². The summed E-state index contributed by atoms with van der Waals surface area (Å²) in [7, 11) is 3.89. The van der Waals surface area contributed by atoms with Gasteiger partial charge in [0.1, 0.15) is 0 Å². The van der Waals surface area contributed by atoms with Crippen molar-refractivity contribution in [1.29, 1.82) is 0 Å². The second-order valence-electron chi connectivity index (χ2n) is 4.25. The average molecular weight is 310 g/mol. The van der Waals surface area contributed by atoms with Crippen LogP contribution < -0.4 is 0 Å². The Hall–Kier alpha value is -0.550. The van der Waals surface area contributed by atoms with Crippen LogP contribution in [0.1, 0.15) is 17.5 Å². The minimum atomic E-state index is -4.28. The molecule has 0 N–H and O–H groups in total. The molecule has 0 saturated carbocycles. The lowest BCUT2D eigenvalue weighted by Gasteiger charge is -2.12. The highest BCUT2D eigenvalue weighted by Gasteiger charge is 2.30. The standard InChI is InChI=1S/C12H15BrF3N/c1-17(2)5-3-4-9-6-10(12(14,15)16)8-11(13)7-9/h6-8H,3-5H2,1-2H3. The van der Waals surface area contributed by atoms with Crippen molar-refractivity contribution in [2.24, 2.45) is 0 Å². The Kier molecular flexibility index (Phi) is 5.01. The predicted octanol–water partition coefficient (Wildman–Crippen LogP) is 3.96. The van der Waals surface area contributed by atoms with Crippen LogP contribution in [0.15, 0.2) is 22.7 Å². The third-order valence-corrected chi connectivity index (χ3v) is 2.81. The van der Waals surface area contributed by atoms with Crippen LogP contribution in [0.4, 0.5) is 13.2 Å². The number of aryl methyl sites for hydroxylation is 1. The van der Waals surface area contributed by atoms with E-state index in [2.05, 4.69) is 15.9 Å². The molecule has 5 heteroatoms. The number of hydrogen-bond donors (Lipinski definition) is 0. The molecule has 0 radical (unpaired) electrons. The Morgan fingerprint density at radius 2 is 1.82 bits per heavy atom. The van der Waals surface area contributed by atoms with Gasteiger partial charge in [-0.3, -0.25) is 0 Å². The second kappa shape index (κ2) is 5.87. The molecule has 1 aromatic carbocycles. The first-order chi connectivity index (χ1) is 7.79. The van der Waals surface area contributed by atoms with Gasteiger partial charge in [0.25, 0.3) is 0 Å². The van der Waals surface area contributed by atoms with Crippen molar-refractivity contribution in [3.63, 3.8) is 0 Å². The predicted molar refractivity (Wildman–Crippen MR) is 66.0 cm³/mol. The lowest BCUT2D eigenvalue weighted by molar-refractivity contribution is -0.137. The first kappa shape index (κ1) is 14.5. The molecule has 0 atom stereocenters. The van der Waals surface area contributed by atoms with Crippen molar-refractivity contribution in [3.8, 4) is 0 Å². The van der Waals surface area contributed by atoms with Gasteiger partial charge in [-0.2, -0.15) is 13.2 Å². The molecule has 0 unspecified atom stereocenters. The van der Waals surface area contributed by atoms with Crippen LogP contribution in [0.2, 0.25) is 0 Å². The lowest BCUT2D eigenvalue weighted by atomic mass is 10.1. The highest BCUT2D eigenvalue weighted by atomic mass is 79.9. The van der Waals surface area contributed by atoms with Gasteiger partial charge in [-0.15, -0.1) is 0 Å². The van der Waals surface area contributed by atoms with E-state index in [9.17, 15) is 13.2 Å². The van der Waals surface area contributed by atoms with E-state index in [1.54, 1.807) is 6.07 Å². The Labute approximate surface area is 108 Å². The van der Waals surface area contributed by atoms with E-state index in [1.807, 2.05) is 19.0 Å². The van der Waals surface area contributed by atoms with Gasteiger partial charge >= 0.3 is 6.18 Å². The minimum absolute atomic E-state index is 0.479. The normalized spacial score (nSPS) is 12.2. The molecule has 0 aliphatic rings. The molecule has 0 heterocycles. The zero-order valence-electron chi connectivity index (χ0n) is 9.81. The number of hydrogen-bond acceptors (Lipinski definition) is 1. The third kappa shape index (κ3) is 5.08. The Morgan fingerprint density at radius 1 is 1.18 bits per heavy atom. The van der Waals surface area contributed by atoms with Gasteiger partial charge in [0, 0.05) is 4.47 Å². The Balaban J connectivity index is 2.76. The molecular weight excluding hydrogens is 295 g/mol. The zero-order chi connectivity index (χ0) is 13.1. The van der Waals surface area contributed by atoms with E-state index in [0.29, 0.717) is 16.5 Å². The van der Waals surface area contributed by atoms with E-state index in [-0.39, 0.29) is 0 Å². The maximum absolute atomic E-state index is 12.6. The summed E-state index contributed by atoms with van der Waals surface area (Å²) in [6.45, 7) is 0.869. The van der Waals surface area contributed by atoms with Crippen molar-refractivity contribution in [2.75, 3.05) is 20.6 Å². The molecule has 1 rings (SSSR count). The summed E-state index contributed by atoms with van der Waals surface area (Å²) in [4.78, 5) is 2.02. The van der Waals surface area contributed by atoms with Crippen LogP contribution in [0, 0.1) is 0 Å². The van der Waals surface area contributed by atoms with Gasteiger partial charge in [-0.05, 0) is 57.2 Å². The van der Waals surface area contributed by atoms with Gasteiger partial charge in [0.2, 0.25) is 0 Å². The van der Waals surface area contributed by atoms with E-state index in [4.69, 9.17) is 0 Å². The number of alkyl halides is 3. The van der Waals surface area contributed by atoms with E-state index in [1.165, 1.54) is 6.07 Å². The summed E-state index contributed by atoms with van der Waals surface area (Å²) in [5.74, 6) is 0. The molecule has 0 aliphatic carbocycles. The van der Waals surface area contributed by atoms with Gasteiger partial charge in [-0.25, -0.2) is 0 Å². The molecule has 0 saturated heterocycles. The fourth-order valence-corrected chi connectivity index (χ4v) is 2.10. The van der Waals surface area contributed by atoms with Gasteiger partial charge in [-0.1, -0.05) is 15.9 Å². The maximum atomic E-state index is 12.6. The van der Waals surface area contributed by atoms with Crippen molar-refractivity contribution >= 4 is 15.9 Å². The van der Waals surface area contributed by atoms with Gasteiger partial charge in [0.15, 0.2) is 0 Å². The summed E-state index contributed by atoms with van der Waals surface area (Å²) in [6, 6.07) is 4.07. The smallest absolute Gasteiger partial charge is 0.309 e. The molecule has 1 aromatic rings. The molecule has 0 aromatic heterocycles. The highest BCUT2D eigenvalue weighted by Crippen LogP contribution is 2.32. The number of halogens is 4. The summed E-state index contributed by atoms with van der Waals surface area (Å²) in [5, 5.41) is 0. The monoisotopic (exact) mass is 309 g/mol. The topological polar surface area (TPSA) is 3.24 Å². The molecule has 0 aliphatic heterocycles. The lowest BCUT2D eigenvalue weighted by Crippen LogP contribution is -2.13. The van der Waals surface area contributed by atoms with Crippen LogP contribution in [-0.4, -0.2) is 25.5 Å². The van der Waals surface area contributed by atoms with Gasteiger partial charge < -0.3 is 4.90 Å². The molecule has 0 amide bonds. The molecule has 0 fully saturated rings. The van der Waals surface area contributed by atoms with Crippen LogP contribution in [-0.2, 0) is 12.6 Å². The van der Waals surface area contributed by atoms with Crippen LogP contribution >= 0.6 is 15.9 Å². The maximum Gasteiger partial charge on any atom is 0.416 e. The highest BCUT2D eigenvalue weighted by molar-refractivity contribution is 9.10. The summed E-state index contributed by atoms with van der Waals surface area (Å²) in [5.41, 5.74) is 0.125. The number of benzene rings is 1. The minimum Gasteiger partial charge on any atom is -0.309 e. The first-order valence-corrected chi connectivity index (χ1v) is 6.10. The summed E-state index contributed by atoms with van der Waals surface area (Å²) in [6.07, 6.45) is -2.78. The quantitative estimate of drug-likeness (QED) is 0.813. The number of rotatable bonds is 4. The Bertz CT molecular complexity index is 375. The fourth-order valence-electron chi connectivity index (χ4n) is 1.56. The van der Waals surface area contributed by atoms with Crippen molar-refractivity contribution in [2.45, 2.75) is 19.0 Å². The Morgan fingerprint density at radius 3 is 2.35 bits per heavy atom. The van der Waals surface area contributed by atoms with E-state index >= 15 is 0 Å². The van der Waals surface area contributed by atoms with Crippen LogP contribution in [0.5, 0.6) is 0 Å². The first-order valence-electron chi connectivity index (χ1n) is 5.30. The largest absolute Gasteiger partial charge is 0.416 e. The van der Waals surface area contributed by atoms with Crippen molar-refractivity contribution in [1.82, 2.24) is 4.90 Å². The molecule has 96 valence electrons. The SMILES string of the molecule is CN(C)CCCc1cc(Br)cc(C(F)(F)F)c1. The van der Waals surface area contributed by atoms with Crippen molar-refractivity contribution in [3.05, 3.63) is 33.8 Å². The van der Waals surface area contributed by atoms with E-state index < -0.39 is 11.7 Å². The number of nitrogens with zero attached hydrogens (tertiary/aromatic N) is 1. The molecule has 1 nitrogen and oxygen atoms in total. The molecule has 0 bridgehead atoms. The van der Waals surface area contributed by atoms with Crippen LogP contribution in [0.3, 0.4) is 0 Å². The second-order valence-corrected chi connectivity index (χ2v) is 5.17. The third-order valence-electron chi connectivity index (χ3n) is 2.36. The van der Waals surface area contributed by atoms with Crippen LogP contribution in [0.25, 0.3) is 0 Å². The molecule has 0 spiro atoms. The van der Waals surface area contributed by atoms with Gasteiger partial charge in [0.05, 0.1) is 5.56 Å². The molecular formula is C12H15BrF3N. The van der Waals surface area contributed by atoms with Crippen molar-refractivity contribution < 1.29 is 13.2 Å². The average Bonchev–Trinajstić information content (AvgIpc) is 2.14. The summed E-state index contributed by atoms with van der Waals surface area (Å²) < 4.78 is 38.2. The molecule has 17 heavy (non-hydrogen) atoms. The summed E-state index contributed by atoms with van der Waals surface area (Å²) >= 11 is 3.12. The fraction of sp³-hybridized carbons (Fsp3) is 0.500.